The average molecular weight is 418 g/mol. The molecule has 6 nitrogen and oxygen atoms in total. The molecule has 0 aliphatic heterocycles. The number of carbonyl (C=O) groups excluding carboxylic acids is 2. The molecule has 1 N–H and O–H groups in total. The second kappa shape index (κ2) is 10.5. The maximum atomic E-state index is 12.1. The van der Waals surface area contributed by atoms with E-state index in [1.54, 1.807) is 12.1 Å². The van der Waals surface area contributed by atoms with Crippen molar-refractivity contribution >= 4 is 35.2 Å². The number of carbonyl (C=O) groups is 2. The van der Waals surface area contributed by atoms with Gasteiger partial charge in [-0.3, -0.25) is 4.79 Å². The molecule has 2 rings (SSSR count). The van der Waals surface area contributed by atoms with E-state index in [-0.39, 0.29) is 12.5 Å². The quantitative estimate of drug-likeness (QED) is 0.498. The molecule has 2 aromatic rings. The Balaban J connectivity index is 1.95. The second-order valence-corrected chi connectivity index (χ2v) is 6.88. The third kappa shape index (κ3) is 6.26. The van der Waals surface area contributed by atoms with Gasteiger partial charge in [0.05, 0.1) is 19.2 Å². The molecule has 0 saturated carbocycles. The molecule has 0 aromatic heterocycles. The van der Waals surface area contributed by atoms with Gasteiger partial charge in [-0.15, -0.1) is 0 Å². The Morgan fingerprint density at radius 2 is 1.86 bits per heavy atom. The number of hydrogen-bond acceptors (Lipinski definition) is 5. The predicted molar refractivity (Wildman–Crippen MR) is 114 cm³/mol. The van der Waals surface area contributed by atoms with Crippen LogP contribution in [-0.4, -0.2) is 32.7 Å². The number of halogens is 1. The number of methoxy groups -OCH3 is 2. The first-order valence-electron chi connectivity index (χ1n) is 9.00. The van der Waals surface area contributed by atoms with Gasteiger partial charge >= 0.3 is 5.97 Å². The second-order valence-electron chi connectivity index (χ2n) is 6.47. The lowest BCUT2D eigenvalue weighted by molar-refractivity contribution is -0.142. The molecule has 154 valence electrons. The molecule has 0 atom stereocenters. The normalized spacial score (nSPS) is 10.8. The van der Waals surface area contributed by atoms with Crippen molar-refractivity contribution in [2.24, 2.45) is 0 Å². The zero-order chi connectivity index (χ0) is 21.4. The number of esters is 1. The highest BCUT2D eigenvalue weighted by Crippen LogP contribution is 2.36. The van der Waals surface area contributed by atoms with Crippen LogP contribution in [0.2, 0.25) is 5.02 Å². The van der Waals surface area contributed by atoms with E-state index in [0.29, 0.717) is 27.8 Å². The summed E-state index contributed by atoms with van der Waals surface area (Å²) in [5.41, 5.74) is 2.34. The van der Waals surface area contributed by atoms with E-state index < -0.39 is 11.9 Å². The fourth-order valence-electron chi connectivity index (χ4n) is 2.68. The Bertz CT molecular complexity index is 908. The number of benzene rings is 2. The monoisotopic (exact) mass is 417 g/mol. The number of nitrogens with one attached hydrogen (secondary N) is 1. The minimum atomic E-state index is -0.650. The Morgan fingerprint density at radius 3 is 2.52 bits per heavy atom. The van der Waals surface area contributed by atoms with E-state index in [0.717, 1.165) is 5.56 Å². The van der Waals surface area contributed by atoms with Gasteiger partial charge in [-0.25, -0.2) is 4.79 Å². The lowest BCUT2D eigenvalue weighted by atomic mass is 10.0. The van der Waals surface area contributed by atoms with Gasteiger partial charge in [-0.1, -0.05) is 43.6 Å². The first-order chi connectivity index (χ1) is 13.8. The lowest BCUT2D eigenvalue weighted by Gasteiger charge is -2.13. The van der Waals surface area contributed by atoms with Crippen molar-refractivity contribution in [2.45, 2.75) is 19.8 Å². The average Bonchev–Trinajstić information content (AvgIpc) is 2.70. The summed E-state index contributed by atoms with van der Waals surface area (Å²) in [4.78, 5) is 24.0. The van der Waals surface area contributed by atoms with E-state index in [9.17, 15) is 9.59 Å². The van der Waals surface area contributed by atoms with Crippen LogP contribution in [0.4, 0.5) is 5.69 Å². The summed E-state index contributed by atoms with van der Waals surface area (Å²) >= 11 is 6.14. The zero-order valence-electron chi connectivity index (χ0n) is 16.8. The molecule has 0 aliphatic rings. The van der Waals surface area contributed by atoms with Crippen molar-refractivity contribution in [3.63, 3.8) is 0 Å². The number of anilines is 1. The van der Waals surface area contributed by atoms with Crippen LogP contribution >= 0.6 is 11.6 Å². The highest BCUT2D eigenvalue weighted by molar-refractivity contribution is 6.32. The van der Waals surface area contributed by atoms with E-state index >= 15 is 0 Å². The molecule has 0 bridgehead atoms. The fraction of sp³-hybridized carbons (Fsp3) is 0.273. The van der Waals surface area contributed by atoms with Gasteiger partial charge in [-0.05, 0) is 41.3 Å². The minimum absolute atomic E-state index is 0.255. The van der Waals surface area contributed by atoms with E-state index in [1.165, 1.54) is 26.4 Å². The highest BCUT2D eigenvalue weighted by Gasteiger charge is 2.12. The first kappa shape index (κ1) is 22.3. The Labute approximate surface area is 175 Å². The summed E-state index contributed by atoms with van der Waals surface area (Å²) in [5, 5.41) is 3.12. The van der Waals surface area contributed by atoms with Crippen LogP contribution in [-0.2, 0) is 14.3 Å². The smallest absolute Gasteiger partial charge is 0.331 e. The molecule has 0 spiro atoms. The van der Waals surface area contributed by atoms with Crippen LogP contribution in [0, 0.1) is 0 Å². The lowest BCUT2D eigenvalue weighted by Crippen LogP contribution is -2.21. The molecule has 1 amide bonds. The molecular weight excluding hydrogens is 394 g/mol. The summed E-state index contributed by atoms with van der Waals surface area (Å²) in [7, 11) is 2.98. The number of hydrogen-bond donors (Lipinski definition) is 1. The van der Waals surface area contributed by atoms with Crippen LogP contribution < -0.4 is 14.8 Å². The maximum Gasteiger partial charge on any atom is 0.331 e. The molecule has 0 radical (unpaired) electrons. The van der Waals surface area contributed by atoms with Crippen LogP contribution in [0.5, 0.6) is 11.5 Å². The third-order valence-corrected chi connectivity index (χ3v) is 4.35. The number of rotatable bonds is 8. The van der Waals surface area contributed by atoms with Crippen molar-refractivity contribution in [3.05, 3.63) is 58.6 Å². The summed E-state index contributed by atoms with van der Waals surface area (Å²) in [6.07, 6.45) is 2.73. The Kier molecular flexibility index (Phi) is 8.09. The van der Waals surface area contributed by atoms with Gasteiger partial charge in [0.15, 0.2) is 18.1 Å². The summed E-state index contributed by atoms with van der Waals surface area (Å²) < 4.78 is 15.4. The molecule has 0 saturated heterocycles. The van der Waals surface area contributed by atoms with Crippen molar-refractivity contribution < 1.29 is 23.8 Å². The zero-order valence-corrected chi connectivity index (χ0v) is 17.6. The molecule has 7 heteroatoms. The van der Waals surface area contributed by atoms with Gasteiger partial charge in [0.1, 0.15) is 0 Å². The number of amides is 1. The number of para-hydroxylation sites is 1. The van der Waals surface area contributed by atoms with Gasteiger partial charge in [0, 0.05) is 11.8 Å². The predicted octanol–water partition coefficient (Wildman–Crippen LogP) is 4.68. The maximum absolute atomic E-state index is 12.1. The summed E-state index contributed by atoms with van der Waals surface area (Å²) in [5.74, 6) is 0.0472. The van der Waals surface area contributed by atoms with E-state index in [1.807, 2.05) is 38.1 Å². The Hall–Kier alpha value is -2.99. The molecular formula is C22H24ClNO5. The minimum Gasteiger partial charge on any atom is -0.493 e. The highest BCUT2D eigenvalue weighted by atomic mass is 35.5. The molecule has 2 aromatic carbocycles. The van der Waals surface area contributed by atoms with Crippen LogP contribution in [0.3, 0.4) is 0 Å². The topological polar surface area (TPSA) is 73.9 Å². The van der Waals surface area contributed by atoms with Crippen molar-refractivity contribution in [1.82, 2.24) is 0 Å². The van der Waals surface area contributed by atoms with Gasteiger partial charge in [-0.2, -0.15) is 0 Å². The molecule has 29 heavy (non-hydrogen) atoms. The SMILES string of the molecule is COc1cc(C=CC(=O)OCC(=O)Nc2ccccc2C(C)C)cc(Cl)c1OC. The van der Waals surface area contributed by atoms with Crippen LogP contribution in [0.15, 0.2) is 42.5 Å². The molecule has 0 fully saturated rings. The third-order valence-electron chi connectivity index (χ3n) is 4.07. The standard InChI is InChI=1S/C22H24ClNO5/c1-14(2)16-7-5-6-8-18(16)24-20(25)13-29-21(26)10-9-15-11-17(23)22(28-4)19(12-15)27-3/h5-12,14H,13H2,1-4H3,(H,24,25). The van der Waals surface area contributed by atoms with Crippen molar-refractivity contribution in [2.75, 3.05) is 26.1 Å². The molecule has 0 aliphatic carbocycles. The molecule has 0 heterocycles. The van der Waals surface area contributed by atoms with Crippen molar-refractivity contribution in [1.29, 1.82) is 0 Å². The largest absolute Gasteiger partial charge is 0.493 e. The van der Waals surface area contributed by atoms with Gasteiger partial charge in [0.25, 0.3) is 5.91 Å². The first-order valence-corrected chi connectivity index (χ1v) is 9.38. The van der Waals surface area contributed by atoms with E-state index in [2.05, 4.69) is 5.32 Å². The van der Waals surface area contributed by atoms with Crippen LogP contribution in [0.25, 0.3) is 6.08 Å². The van der Waals surface area contributed by atoms with Gasteiger partial charge in [0.2, 0.25) is 0 Å². The summed E-state index contributed by atoms with van der Waals surface area (Å²) in [6, 6.07) is 10.8. The van der Waals surface area contributed by atoms with E-state index in [4.69, 9.17) is 25.8 Å². The number of ether oxygens (including phenoxy) is 3. The summed E-state index contributed by atoms with van der Waals surface area (Å²) in [6.45, 7) is 3.69. The molecule has 0 unspecified atom stereocenters. The Morgan fingerprint density at radius 1 is 1.14 bits per heavy atom. The van der Waals surface area contributed by atoms with Crippen LogP contribution in [0.1, 0.15) is 30.9 Å². The van der Waals surface area contributed by atoms with Crippen molar-refractivity contribution in [3.8, 4) is 11.5 Å². The fourth-order valence-corrected chi connectivity index (χ4v) is 2.98. The van der Waals surface area contributed by atoms with Gasteiger partial charge < -0.3 is 19.5 Å².